The molecule has 0 unspecified atom stereocenters. The van der Waals surface area contributed by atoms with Gasteiger partial charge in [0.2, 0.25) is 11.8 Å². The molecule has 1 aromatic heterocycles. The summed E-state index contributed by atoms with van der Waals surface area (Å²) in [4.78, 5) is 29.7. The molecule has 0 saturated carbocycles. The topological polar surface area (TPSA) is 62.3 Å². The van der Waals surface area contributed by atoms with Crippen molar-refractivity contribution in [1.29, 1.82) is 0 Å². The van der Waals surface area contributed by atoms with Crippen molar-refractivity contribution in [3.8, 4) is 0 Å². The van der Waals surface area contributed by atoms with Crippen LogP contribution in [0.5, 0.6) is 0 Å². The average molecular weight is 311 g/mol. The lowest BCUT2D eigenvalue weighted by Crippen LogP contribution is -2.39. The van der Waals surface area contributed by atoms with Gasteiger partial charge in [0.05, 0.1) is 12.1 Å². The molecule has 1 N–H and O–H groups in total. The van der Waals surface area contributed by atoms with Crippen LogP contribution in [0.15, 0.2) is 42.6 Å². The third kappa shape index (κ3) is 4.39. The molecule has 2 rings (SSSR count). The van der Waals surface area contributed by atoms with Crippen molar-refractivity contribution in [2.45, 2.75) is 13.8 Å². The Morgan fingerprint density at radius 3 is 2.74 bits per heavy atom. The van der Waals surface area contributed by atoms with E-state index in [-0.39, 0.29) is 18.4 Å². The molecule has 0 bridgehead atoms. The highest BCUT2D eigenvalue weighted by molar-refractivity contribution is 5.96. The zero-order valence-corrected chi connectivity index (χ0v) is 13.5. The maximum absolute atomic E-state index is 12.3. The van der Waals surface area contributed by atoms with Gasteiger partial charge in [0.1, 0.15) is 0 Å². The van der Waals surface area contributed by atoms with E-state index in [2.05, 4.69) is 10.3 Å². The smallest absolute Gasteiger partial charge is 0.247 e. The highest BCUT2D eigenvalue weighted by Crippen LogP contribution is 2.17. The van der Waals surface area contributed by atoms with Crippen LogP contribution in [-0.2, 0) is 9.59 Å². The lowest BCUT2D eigenvalue weighted by molar-refractivity contribution is -0.132. The number of aromatic nitrogens is 1. The molecule has 0 aliphatic rings. The highest BCUT2D eigenvalue weighted by Gasteiger charge is 2.12. The van der Waals surface area contributed by atoms with Crippen molar-refractivity contribution in [3.05, 3.63) is 48.2 Å². The number of nitrogens with zero attached hydrogens (tertiary/aromatic N) is 2. The molecule has 2 amide bonds. The van der Waals surface area contributed by atoms with E-state index in [0.29, 0.717) is 13.1 Å². The first-order valence-corrected chi connectivity index (χ1v) is 7.73. The second kappa shape index (κ2) is 8.08. The number of benzene rings is 1. The largest absolute Gasteiger partial charge is 0.355 e. The van der Waals surface area contributed by atoms with Crippen molar-refractivity contribution in [2.24, 2.45) is 0 Å². The Bertz CT molecular complexity index is 720. The second-order valence-electron chi connectivity index (χ2n) is 5.06. The standard InChI is InChI=1S/C18H21N3O2/c1-3-19-16(22)13-21(4-2)17(23)11-10-15-8-5-7-14-9-6-12-20-18(14)15/h5-12H,3-4,13H2,1-2H3,(H,19,22)/b11-10+. The van der Waals surface area contributed by atoms with E-state index in [1.807, 2.05) is 44.2 Å². The Labute approximate surface area is 136 Å². The molecule has 0 spiro atoms. The fourth-order valence-corrected chi connectivity index (χ4v) is 2.30. The van der Waals surface area contributed by atoms with Crippen molar-refractivity contribution in [2.75, 3.05) is 19.6 Å². The van der Waals surface area contributed by atoms with Gasteiger partial charge < -0.3 is 10.2 Å². The number of likely N-dealkylation sites (N-methyl/N-ethyl adjacent to an activating group) is 2. The number of rotatable bonds is 6. The molecule has 0 atom stereocenters. The third-order valence-electron chi connectivity index (χ3n) is 3.47. The van der Waals surface area contributed by atoms with Crippen LogP contribution in [0.3, 0.4) is 0 Å². The molecule has 0 fully saturated rings. The summed E-state index contributed by atoms with van der Waals surface area (Å²) in [5, 5.41) is 3.72. The minimum Gasteiger partial charge on any atom is -0.355 e. The lowest BCUT2D eigenvalue weighted by Gasteiger charge is -2.18. The van der Waals surface area contributed by atoms with E-state index in [0.717, 1.165) is 16.5 Å². The predicted octanol–water partition coefficient (Wildman–Crippen LogP) is 2.23. The highest BCUT2D eigenvalue weighted by atomic mass is 16.2. The Morgan fingerprint density at radius 1 is 1.22 bits per heavy atom. The second-order valence-corrected chi connectivity index (χ2v) is 5.06. The maximum atomic E-state index is 12.3. The Balaban J connectivity index is 2.14. The summed E-state index contributed by atoms with van der Waals surface area (Å²) in [7, 11) is 0. The number of carbonyl (C=O) groups is 2. The van der Waals surface area contributed by atoms with Gasteiger partial charge in [0, 0.05) is 36.3 Å². The van der Waals surface area contributed by atoms with Crippen LogP contribution in [-0.4, -0.2) is 41.3 Å². The van der Waals surface area contributed by atoms with Gasteiger partial charge in [-0.2, -0.15) is 0 Å². The van der Waals surface area contributed by atoms with Gasteiger partial charge in [0.15, 0.2) is 0 Å². The molecule has 5 nitrogen and oxygen atoms in total. The van der Waals surface area contributed by atoms with Crippen LogP contribution in [0.2, 0.25) is 0 Å². The molecule has 1 heterocycles. The molecule has 2 aromatic rings. The Morgan fingerprint density at radius 2 is 2.00 bits per heavy atom. The summed E-state index contributed by atoms with van der Waals surface area (Å²) in [5.74, 6) is -0.338. The van der Waals surface area contributed by atoms with Gasteiger partial charge in [-0.1, -0.05) is 24.3 Å². The predicted molar refractivity (Wildman–Crippen MR) is 91.7 cm³/mol. The fraction of sp³-hybridized carbons (Fsp3) is 0.278. The number of pyridine rings is 1. The number of amides is 2. The Hall–Kier alpha value is -2.69. The number of hydrogen-bond acceptors (Lipinski definition) is 3. The molecule has 1 aromatic carbocycles. The van der Waals surface area contributed by atoms with E-state index in [4.69, 9.17) is 0 Å². The van der Waals surface area contributed by atoms with Crippen LogP contribution in [0.25, 0.3) is 17.0 Å². The average Bonchev–Trinajstić information content (AvgIpc) is 2.57. The summed E-state index contributed by atoms with van der Waals surface area (Å²) in [5.41, 5.74) is 1.73. The molecule has 23 heavy (non-hydrogen) atoms. The minimum atomic E-state index is -0.188. The molecular weight excluding hydrogens is 290 g/mol. The molecular formula is C18H21N3O2. The van der Waals surface area contributed by atoms with Gasteiger partial charge in [-0.3, -0.25) is 14.6 Å². The molecule has 120 valence electrons. The normalized spacial score (nSPS) is 10.9. The van der Waals surface area contributed by atoms with Crippen LogP contribution in [0.1, 0.15) is 19.4 Å². The van der Waals surface area contributed by atoms with Crippen molar-refractivity contribution in [3.63, 3.8) is 0 Å². The van der Waals surface area contributed by atoms with Gasteiger partial charge in [-0.05, 0) is 26.0 Å². The quantitative estimate of drug-likeness (QED) is 0.832. The number of fused-ring (bicyclic) bond motifs is 1. The molecule has 5 heteroatoms. The van der Waals surface area contributed by atoms with E-state index < -0.39 is 0 Å². The summed E-state index contributed by atoms with van der Waals surface area (Å²) < 4.78 is 0. The van der Waals surface area contributed by atoms with Crippen LogP contribution in [0, 0.1) is 0 Å². The summed E-state index contributed by atoms with van der Waals surface area (Å²) in [6, 6.07) is 9.69. The fourth-order valence-electron chi connectivity index (χ4n) is 2.30. The van der Waals surface area contributed by atoms with Crippen molar-refractivity contribution >= 4 is 28.8 Å². The summed E-state index contributed by atoms with van der Waals surface area (Å²) in [6.07, 6.45) is 4.97. The van der Waals surface area contributed by atoms with E-state index in [1.54, 1.807) is 12.3 Å². The van der Waals surface area contributed by atoms with Crippen LogP contribution in [0.4, 0.5) is 0 Å². The van der Waals surface area contributed by atoms with Crippen LogP contribution < -0.4 is 5.32 Å². The number of carbonyl (C=O) groups excluding carboxylic acids is 2. The number of para-hydroxylation sites is 1. The number of hydrogen-bond donors (Lipinski definition) is 1. The summed E-state index contributed by atoms with van der Waals surface area (Å²) >= 11 is 0. The molecule has 0 aliphatic heterocycles. The third-order valence-corrected chi connectivity index (χ3v) is 3.47. The van der Waals surface area contributed by atoms with E-state index >= 15 is 0 Å². The molecule has 0 saturated heterocycles. The van der Waals surface area contributed by atoms with Gasteiger partial charge in [-0.15, -0.1) is 0 Å². The van der Waals surface area contributed by atoms with E-state index in [9.17, 15) is 9.59 Å². The van der Waals surface area contributed by atoms with Gasteiger partial charge in [-0.25, -0.2) is 0 Å². The molecule has 0 aliphatic carbocycles. The first-order chi connectivity index (χ1) is 11.2. The SMILES string of the molecule is CCNC(=O)CN(CC)C(=O)/C=C/c1cccc2cccnc12. The zero-order valence-electron chi connectivity index (χ0n) is 13.5. The van der Waals surface area contributed by atoms with Gasteiger partial charge in [0.25, 0.3) is 0 Å². The minimum absolute atomic E-state index is 0.0707. The number of nitrogens with one attached hydrogen (secondary N) is 1. The maximum Gasteiger partial charge on any atom is 0.247 e. The lowest BCUT2D eigenvalue weighted by atomic mass is 10.1. The first kappa shape index (κ1) is 16.7. The van der Waals surface area contributed by atoms with Crippen molar-refractivity contribution in [1.82, 2.24) is 15.2 Å². The molecule has 0 radical (unpaired) electrons. The summed E-state index contributed by atoms with van der Waals surface area (Å²) in [6.45, 7) is 4.81. The first-order valence-electron chi connectivity index (χ1n) is 7.73. The van der Waals surface area contributed by atoms with Crippen molar-refractivity contribution < 1.29 is 9.59 Å². The van der Waals surface area contributed by atoms with Gasteiger partial charge >= 0.3 is 0 Å². The monoisotopic (exact) mass is 311 g/mol. The van der Waals surface area contributed by atoms with Crippen LogP contribution >= 0.6 is 0 Å². The zero-order chi connectivity index (χ0) is 16.7. The van der Waals surface area contributed by atoms with E-state index in [1.165, 1.54) is 11.0 Å². The Kier molecular flexibility index (Phi) is 5.86.